The van der Waals surface area contributed by atoms with Crippen LogP contribution in [0, 0.1) is 0 Å². The van der Waals surface area contributed by atoms with Gasteiger partial charge in [-0.3, -0.25) is 13.8 Å². The van der Waals surface area contributed by atoms with Crippen LogP contribution in [-0.4, -0.2) is 38.4 Å². The lowest BCUT2D eigenvalue weighted by Crippen LogP contribution is -2.29. The van der Waals surface area contributed by atoms with Gasteiger partial charge in [0.05, 0.1) is 0 Å². The number of carbonyl (C=O) groups is 1. The molecule has 6 nitrogen and oxygen atoms in total. The van der Waals surface area contributed by atoms with Crippen LogP contribution >= 0.6 is 0 Å². The second-order valence-corrected chi connectivity index (χ2v) is 5.46. The monoisotopic (exact) mass is 257 g/mol. The molecule has 1 heterocycles. The van der Waals surface area contributed by atoms with Crippen LogP contribution in [0.2, 0.25) is 0 Å². The molecular formula is C10H15N3O3S. The van der Waals surface area contributed by atoms with Gasteiger partial charge in [-0.25, -0.2) is 5.10 Å². The van der Waals surface area contributed by atoms with Crippen molar-refractivity contribution in [1.82, 2.24) is 15.5 Å². The third-order valence-corrected chi connectivity index (χ3v) is 3.68. The van der Waals surface area contributed by atoms with Crippen molar-refractivity contribution in [3.63, 3.8) is 0 Å². The number of nitrogens with zero attached hydrogens (tertiary/aromatic N) is 1. The predicted octanol–water partition coefficient (Wildman–Crippen LogP) is -0.343. The van der Waals surface area contributed by atoms with E-state index in [-0.39, 0.29) is 22.4 Å². The maximum Gasteiger partial charge on any atom is 0.271 e. The molecule has 1 aromatic heterocycles. The van der Waals surface area contributed by atoms with Crippen LogP contribution in [0.25, 0.3) is 0 Å². The lowest BCUT2D eigenvalue weighted by molar-refractivity contribution is 0.0947. The molecule has 1 aromatic rings. The van der Waals surface area contributed by atoms with Gasteiger partial charge in [-0.05, 0) is 12.5 Å². The van der Waals surface area contributed by atoms with Crippen LogP contribution in [0.4, 0.5) is 0 Å². The molecule has 0 spiro atoms. The lowest BCUT2D eigenvalue weighted by Gasteiger charge is -2.08. The number of hydrogen-bond donors (Lipinski definition) is 2. The minimum Gasteiger partial charge on any atom is -0.351 e. The summed E-state index contributed by atoms with van der Waals surface area (Å²) in [4.78, 5) is 22.3. The minimum absolute atomic E-state index is 0.0406. The van der Waals surface area contributed by atoms with E-state index in [0.717, 1.165) is 0 Å². The summed E-state index contributed by atoms with van der Waals surface area (Å²) < 4.78 is 11.1. The molecule has 94 valence electrons. The molecule has 2 unspecified atom stereocenters. The van der Waals surface area contributed by atoms with Crippen LogP contribution in [0.1, 0.15) is 23.8 Å². The van der Waals surface area contributed by atoms with Gasteiger partial charge < -0.3 is 5.32 Å². The highest BCUT2D eigenvalue weighted by Crippen LogP contribution is 1.97. The van der Waals surface area contributed by atoms with E-state index in [2.05, 4.69) is 15.5 Å². The summed E-state index contributed by atoms with van der Waals surface area (Å²) in [6.07, 6.45) is 2.27. The van der Waals surface area contributed by atoms with Crippen LogP contribution in [0.15, 0.2) is 16.9 Å². The van der Waals surface area contributed by atoms with E-state index in [9.17, 15) is 13.8 Å². The molecular weight excluding hydrogens is 242 g/mol. The third-order valence-electron chi connectivity index (χ3n) is 2.31. The molecule has 0 bridgehead atoms. The topological polar surface area (TPSA) is 91.9 Å². The normalized spacial score (nSPS) is 14.0. The van der Waals surface area contributed by atoms with Crippen molar-refractivity contribution in [3.05, 3.63) is 28.2 Å². The fourth-order valence-corrected chi connectivity index (χ4v) is 1.57. The van der Waals surface area contributed by atoms with E-state index >= 15 is 0 Å². The number of amides is 1. The highest BCUT2D eigenvalue weighted by molar-refractivity contribution is 7.84. The number of aromatic amines is 1. The van der Waals surface area contributed by atoms with Crippen LogP contribution in [0.3, 0.4) is 0 Å². The predicted molar refractivity (Wildman–Crippen MR) is 65.3 cm³/mol. The Kier molecular flexibility index (Phi) is 5.02. The Labute approximate surface area is 101 Å². The van der Waals surface area contributed by atoms with Crippen molar-refractivity contribution in [2.75, 3.05) is 12.8 Å². The SMILES string of the molecule is CC(CCNC(=O)c1ccc(=O)[nH]n1)S(C)=O. The van der Waals surface area contributed by atoms with Gasteiger partial charge >= 0.3 is 0 Å². The summed E-state index contributed by atoms with van der Waals surface area (Å²) in [5, 5.41) is 8.47. The molecule has 2 atom stereocenters. The quantitative estimate of drug-likeness (QED) is 0.754. The average Bonchev–Trinajstić information content (AvgIpc) is 2.29. The summed E-state index contributed by atoms with van der Waals surface area (Å²) in [7, 11) is -0.887. The lowest BCUT2D eigenvalue weighted by atomic mass is 10.3. The Hall–Kier alpha value is -1.50. The zero-order valence-electron chi connectivity index (χ0n) is 9.73. The molecule has 0 aromatic carbocycles. The van der Waals surface area contributed by atoms with Gasteiger partial charge in [0.2, 0.25) is 0 Å². The molecule has 2 N–H and O–H groups in total. The summed E-state index contributed by atoms with van der Waals surface area (Å²) in [6, 6.07) is 2.60. The first-order valence-corrected chi connectivity index (χ1v) is 6.79. The van der Waals surface area contributed by atoms with E-state index in [1.165, 1.54) is 12.1 Å². The van der Waals surface area contributed by atoms with Gasteiger partial charge in [0.1, 0.15) is 5.69 Å². The van der Waals surface area contributed by atoms with Gasteiger partial charge in [0, 0.05) is 34.9 Å². The van der Waals surface area contributed by atoms with Gasteiger partial charge in [-0.2, -0.15) is 5.10 Å². The standard InChI is InChI=1S/C10H15N3O3S/c1-7(17(2)16)5-6-11-10(15)8-3-4-9(14)13-12-8/h3-4,7H,5-6H2,1-2H3,(H,11,15)(H,13,14). The third kappa shape index (κ3) is 4.48. The summed E-state index contributed by atoms with van der Waals surface area (Å²) in [6.45, 7) is 2.29. The molecule has 1 rings (SSSR count). The van der Waals surface area contributed by atoms with E-state index in [1.807, 2.05) is 6.92 Å². The molecule has 0 saturated carbocycles. The second kappa shape index (κ2) is 6.29. The molecule has 0 fully saturated rings. The first-order valence-electron chi connectivity index (χ1n) is 5.17. The smallest absolute Gasteiger partial charge is 0.271 e. The van der Waals surface area contributed by atoms with E-state index in [1.54, 1.807) is 6.26 Å². The van der Waals surface area contributed by atoms with Gasteiger partial charge in [-0.1, -0.05) is 6.92 Å². The van der Waals surface area contributed by atoms with E-state index < -0.39 is 10.8 Å². The van der Waals surface area contributed by atoms with Gasteiger partial charge in [0.25, 0.3) is 11.5 Å². The molecule has 0 radical (unpaired) electrons. The maximum absolute atomic E-state index is 11.5. The number of aromatic nitrogens is 2. The Morgan fingerprint density at radius 1 is 1.59 bits per heavy atom. The van der Waals surface area contributed by atoms with Crippen molar-refractivity contribution in [2.24, 2.45) is 0 Å². The first kappa shape index (κ1) is 13.6. The summed E-state index contributed by atoms with van der Waals surface area (Å²) in [5.74, 6) is -0.352. The largest absolute Gasteiger partial charge is 0.351 e. The van der Waals surface area contributed by atoms with Crippen molar-refractivity contribution in [3.8, 4) is 0 Å². The number of hydrogen-bond acceptors (Lipinski definition) is 4. The fraction of sp³-hybridized carbons (Fsp3) is 0.500. The van der Waals surface area contributed by atoms with Gasteiger partial charge in [0.15, 0.2) is 0 Å². The van der Waals surface area contributed by atoms with E-state index in [0.29, 0.717) is 13.0 Å². The Bertz CT molecular complexity index is 452. The van der Waals surface area contributed by atoms with Crippen molar-refractivity contribution >= 4 is 16.7 Å². The number of H-pyrrole nitrogens is 1. The minimum atomic E-state index is -0.887. The highest BCUT2D eigenvalue weighted by atomic mass is 32.2. The summed E-state index contributed by atoms with van der Waals surface area (Å²) in [5.41, 5.74) is -0.188. The average molecular weight is 257 g/mol. The molecule has 7 heteroatoms. The first-order chi connectivity index (χ1) is 8.00. The van der Waals surface area contributed by atoms with Crippen LogP contribution in [0.5, 0.6) is 0 Å². The fourth-order valence-electron chi connectivity index (χ4n) is 1.12. The maximum atomic E-state index is 11.5. The Morgan fingerprint density at radius 2 is 2.29 bits per heavy atom. The molecule has 0 aliphatic heterocycles. The highest BCUT2D eigenvalue weighted by Gasteiger charge is 2.09. The Balaban J connectivity index is 2.43. The number of carbonyl (C=O) groups excluding carboxylic acids is 1. The zero-order valence-corrected chi connectivity index (χ0v) is 10.5. The van der Waals surface area contributed by atoms with Crippen molar-refractivity contribution in [1.29, 1.82) is 0 Å². The van der Waals surface area contributed by atoms with Gasteiger partial charge in [-0.15, -0.1) is 0 Å². The second-order valence-electron chi connectivity index (χ2n) is 3.66. The molecule has 17 heavy (non-hydrogen) atoms. The molecule has 0 aliphatic rings. The number of nitrogens with one attached hydrogen (secondary N) is 2. The zero-order chi connectivity index (χ0) is 12.8. The number of rotatable bonds is 5. The Morgan fingerprint density at radius 3 is 2.82 bits per heavy atom. The van der Waals surface area contributed by atoms with Crippen molar-refractivity contribution in [2.45, 2.75) is 18.6 Å². The van der Waals surface area contributed by atoms with Crippen LogP contribution in [-0.2, 0) is 10.8 Å². The molecule has 0 saturated heterocycles. The van der Waals surface area contributed by atoms with E-state index in [4.69, 9.17) is 0 Å². The van der Waals surface area contributed by atoms with Crippen LogP contribution < -0.4 is 10.9 Å². The molecule has 1 amide bonds. The summed E-state index contributed by atoms with van der Waals surface area (Å²) >= 11 is 0. The van der Waals surface area contributed by atoms with Crippen molar-refractivity contribution < 1.29 is 9.00 Å². The molecule has 0 aliphatic carbocycles.